The number of hydrogen-bond acceptors (Lipinski definition) is 4. The van der Waals surface area contributed by atoms with Crippen molar-refractivity contribution in [3.63, 3.8) is 0 Å². The molecular weight excluding hydrogens is 268 g/mol. The Bertz CT molecular complexity index is 496. The van der Waals surface area contributed by atoms with E-state index < -0.39 is 0 Å². The van der Waals surface area contributed by atoms with Crippen LogP contribution in [-0.2, 0) is 11.3 Å². The lowest BCUT2D eigenvalue weighted by atomic mass is 9.82. The van der Waals surface area contributed by atoms with Gasteiger partial charge in [0.25, 0.3) is 0 Å². The fraction of sp³-hybridized carbons (Fsp3) is 0.562. The lowest BCUT2D eigenvalue weighted by Crippen LogP contribution is -2.48. The maximum absolute atomic E-state index is 12.4. The molecule has 1 aromatic carbocycles. The number of benzene rings is 1. The Morgan fingerprint density at radius 3 is 2.81 bits per heavy atom. The molecule has 1 unspecified atom stereocenters. The maximum atomic E-state index is 12.4. The summed E-state index contributed by atoms with van der Waals surface area (Å²) in [5.74, 6) is 1.59. The summed E-state index contributed by atoms with van der Waals surface area (Å²) in [6.45, 7) is 4.17. The van der Waals surface area contributed by atoms with Crippen LogP contribution in [0.3, 0.4) is 0 Å². The predicted octanol–water partition coefficient (Wildman–Crippen LogP) is 1.71. The molecule has 1 amide bonds. The first kappa shape index (κ1) is 15.6. The van der Waals surface area contributed by atoms with Gasteiger partial charge in [-0.25, -0.2) is 0 Å². The average molecular weight is 292 g/mol. The molecule has 1 aliphatic rings. The normalized spacial score (nSPS) is 21.7. The van der Waals surface area contributed by atoms with Crippen molar-refractivity contribution in [3.8, 4) is 11.5 Å². The molecule has 2 N–H and O–H groups in total. The minimum absolute atomic E-state index is 0.0829. The van der Waals surface area contributed by atoms with Gasteiger partial charge in [-0.1, -0.05) is 0 Å². The highest BCUT2D eigenvalue weighted by molar-refractivity contribution is 5.82. The first-order chi connectivity index (χ1) is 10.1. The molecule has 21 heavy (non-hydrogen) atoms. The average Bonchev–Trinajstić information content (AvgIpc) is 2.52. The van der Waals surface area contributed by atoms with E-state index >= 15 is 0 Å². The van der Waals surface area contributed by atoms with Gasteiger partial charge in [0.15, 0.2) is 0 Å². The Morgan fingerprint density at radius 2 is 2.19 bits per heavy atom. The lowest BCUT2D eigenvalue weighted by molar-refractivity contribution is -0.131. The topological polar surface area (TPSA) is 59.6 Å². The number of methoxy groups -OCH3 is 2. The SMILES string of the molecule is COc1ccc(OC)c(CNC(=O)C2(C)CCCNC2)c1. The molecule has 1 aromatic rings. The largest absolute Gasteiger partial charge is 0.497 e. The highest BCUT2D eigenvalue weighted by Gasteiger charge is 2.34. The second-order valence-electron chi connectivity index (χ2n) is 5.70. The fourth-order valence-corrected chi connectivity index (χ4v) is 2.66. The number of rotatable bonds is 5. The number of carbonyl (C=O) groups excluding carboxylic acids is 1. The summed E-state index contributed by atoms with van der Waals surface area (Å²) in [7, 11) is 3.25. The number of piperidine rings is 1. The maximum Gasteiger partial charge on any atom is 0.227 e. The monoisotopic (exact) mass is 292 g/mol. The van der Waals surface area contributed by atoms with Crippen molar-refractivity contribution < 1.29 is 14.3 Å². The molecule has 1 saturated heterocycles. The zero-order valence-corrected chi connectivity index (χ0v) is 13.0. The van der Waals surface area contributed by atoms with E-state index in [0.717, 1.165) is 43.0 Å². The van der Waals surface area contributed by atoms with Gasteiger partial charge >= 0.3 is 0 Å². The van der Waals surface area contributed by atoms with Crippen molar-refractivity contribution in [3.05, 3.63) is 23.8 Å². The predicted molar refractivity (Wildman–Crippen MR) is 81.6 cm³/mol. The molecule has 1 heterocycles. The van der Waals surface area contributed by atoms with Crippen molar-refractivity contribution in [2.45, 2.75) is 26.3 Å². The third-order valence-corrected chi connectivity index (χ3v) is 4.07. The minimum atomic E-state index is -0.329. The van der Waals surface area contributed by atoms with Gasteiger partial charge in [-0.05, 0) is 44.5 Å². The van der Waals surface area contributed by atoms with Gasteiger partial charge in [0.2, 0.25) is 5.91 Å². The van der Waals surface area contributed by atoms with E-state index in [1.807, 2.05) is 25.1 Å². The number of carbonyl (C=O) groups is 1. The summed E-state index contributed by atoms with van der Waals surface area (Å²) >= 11 is 0. The van der Waals surface area contributed by atoms with E-state index in [1.165, 1.54) is 0 Å². The van der Waals surface area contributed by atoms with E-state index in [9.17, 15) is 4.79 Å². The third-order valence-electron chi connectivity index (χ3n) is 4.07. The zero-order chi connectivity index (χ0) is 15.3. The second kappa shape index (κ2) is 6.80. The summed E-state index contributed by atoms with van der Waals surface area (Å²) in [5, 5.41) is 6.31. The van der Waals surface area contributed by atoms with Crippen LogP contribution in [0.5, 0.6) is 11.5 Å². The molecule has 0 radical (unpaired) electrons. The van der Waals surface area contributed by atoms with Crippen LogP contribution in [0.25, 0.3) is 0 Å². The molecular formula is C16H24N2O3. The zero-order valence-electron chi connectivity index (χ0n) is 13.0. The van der Waals surface area contributed by atoms with E-state index in [0.29, 0.717) is 6.54 Å². The molecule has 1 atom stereocenters. The molecule has 5 nitrogen and oxygen atoms in total. The van der Waals surface area contributed by atoms with Crippen molar-refractivity contribution in [1.82, 2.24) is 10.6 Å². The first-order valence-corrected chi connectivity index (χ1v) is 7.29. The van der Waals surface area contributed by atoms with Crippen LogP contribution in [0.4, 0.5) is 0 Å². The summed E-state index contributed by atoms with van der Waals surface area (Å²) < 4.78 is 10.5. The van der Waals surface area contributed by atoms with E-state index in [-0.39, 0.29) is 11.3 Å². The van der Waals surface area contributed by atoms with Crippen LogP contribution in [-0.4, -0.2) is 33.2 Å². The Hall–Kier alpha value is -1.75. The van der Waals surface area contributed by atoms with Crippen LogP contribution in [0, 0.1) is 5.41 Å². The van der Waals surface area contributed by atoms with Gasteiger partial charge in [-0.15, -0.1) is 0 Å². The van der Waals surface area contributed by atoms with Crippen molar-refractivity contribution in [1.29, 1.82) is 0 Å². The van der Waals surface area contributed by atoms with Gasteiger partial charge in [0.05, 0.1) is 19.6 Å². The quantitative estimate of drug-likeness (QED) is 0.867. The Labute approximate surface area is 126 Å². The summed E-state index contributed by atoms with van der Waals surface area (Å²) in [4.78, 5) is 12.4. The molecule has 0 bridgehead atoms. The molecule has 1 aliphatic heterocycles. The Balaban J connectivity index is 2.03. The van der Waals surface area contributed by atoms with Crippen LogP contribution < -0.4 is 20.1 Å². The molecule has 0 spiro atoms. The van der Waals surface area contributed by atoms with Crippen LogP contribution in [0.15, 0.2) is 18.2 Å². The molecule has 5 heteroatoms. The Morgan fingerprint density at radius 1 is 1.38 bits per heavy atom. The highest BCUT2D eigenvalue weighted by atomic mass is 16.5. The van der Waals surface area contributed by atoms with Gasteiger partial charge in [-0.3, -0.25) is 4.79 Å². The van der Waals surface area contributed by atoms with E-state index in [4.69, 9.17) is 9.47 Å². The standard InChI is InChI=1S/C16H24N2O3/c1-16(7-4-8-17-11-16)15(19)18-10-12-9-13(20-2)5-6-14(12)21-3/h5-6,9,17H,4,7-8,10-11H2,1-3H3,(H,18,19). The molecule has 2 rings (SSSR count). The lowest BCUT2D eigenvalue weighted by Gasteiger charge is -2.32. The Kier molecular flexibility index (Phi) is 5.07. The summed E-state index contributed by atoms with van der Waals surface area (Å²) in [6, 6.07) is 5.58. The third kappa shape index (κ3) is 3.67. The smallest absolute Gasteiger partial charge is 0.227 e. The van der Waals surface area contributed by atoms with Crippen LogP contribution >= 0.6 is 0 Å². The van der Waals surface area contributed by atoms with Gasteiger partial charge in [0, 0.05) is 18.7 Å². The number of nitrogens with one attached hydrogen (secondary N) is 2. The number of amides is 1. The molecule has 0 saturated carbocycles. The highest BCUT2D eigenvalue weighted by Crippen LogP contribution is 2.27. The van der Waals surface area contributed by atoms with E-state index in [2.05, 4.69) is 10.6 Å². The van der Waals surface area contributed by atoms with Crippen LogP contribution in [0.1, 0.15) is 25.3 Å². The summed E-state index contributed by atoms with van der Waals surface area (Å²) in [6.07, 6.45) is 1.95. The van der Waals surface area contributed by atoms with Gasteiger partial charge in [-0.2, -0.15) is 0 Å². The molecule has 1 fully saturated rings. The second-order valence-corrected chi connectivity index (χ2v) is 5.70. The molecule has 0 aliphatic carbocycles. The fourth-order valence-electron chi connectivity index (χ4n) is 2.66. The van der Waals surface area contributed by atoms with Crippen molar-refractivity contribution in [2.24, 2.45) is 5.41 Å². The van der Waals surface area contributed by atoms with E-state index in [1.54, 1.807) is 14.2 Å². The van der Waals surface area contributed by atoms with Gasteiger partial charge in [0.1, 0.15) is 11.5 Å². The van der Waals surface area contributed by atoms with Crippen LogP contribution in [0.2, 0.25) is 0 Å². The molecule has 116 valence electrons. The first-order valence-electron chi connectivity index (χ1n) is 7.29. The molecule has 0 aromatic heterocycles. The minimum Gasteiger partial charge on any atom is -0.497 e. The number of hydrogen-bond donors (Lipinski definition) is 2. The van der Waals surface area contributed by atoms with Crippen molar-refractivity contribution >= 4 is 5.91 Å². The van der Waals surface area contributed by atoms with Gasteiger partial charge < -0.3 is 20.1 Å². The van der Waals surface area contributed by atoms with Crippen molar-refractivity contribution in [2.75, 3.05) is 27.3 Å². The number of ether oxygens (including phenoxy) is 2. The summed E-state index contributed by atoms with van der Waals surface area (Å²) in [5.41, 5.74) is 0.585.